The number of thiazole rings is 1. The summed E-state index contributed by atoms with van der Waals surface area (Å²) < 4.78 is 13.9. The van der Waals surface area contributed by atoms with Crippen LogP contribution < -0.4 is 5.32 Å². The first-order valence-electron chi connectivity index (χ1n) is 5.77. The van der Waals surface area contributed by atoms with Crippen molar-refractivity contribution in [3.63, 3.8) is 0 Å². The van der Waals surface area contributed by atoms with Crippen LogP contribution in [0.2, 0.25) is 5.02 Å². The lowest BCUT2D eigenvalue weighted by molar-refractivity contribution is 0.509. The summed E-state index contributed by atoms with van der Waals surface area (Å²) in [5, 5.41) is 6.73. The molecule has 0 spiro atoms. The van der Waals surface area contributed by atoms with E-state index in [0.29, 0.717) is 17.0 Å². The van der Waals surface area contributed by atoms with E-state index in [9.17, 15) is 4.39 Å². The highest BCUT2D eigenvalue weighted by molar-refractivity contribution is 7.09. The van der Waals surface area contributed by atoms with Crippen LogP contribution in [0.5, 0.6) is 0 Å². The SMILES string of the molecule is CCNC(Cc1nccs1)c1cc(Cl)ccc1F. The van der Waals surface area contributed by atoms with Crippen molar-refractivity contribution in [2.75, 3.05) is 6.54 Å². The number of rotatable bonds is 5. The molecule has 96 valence electrons. The maximum absolute atomic E-state index is 13.9. The van der Waals surface area contributed by atoms with Crippen LogP contribution in [0, 0.1) is 5.82 Å². The quantitative estimate of drug-likeness (QED) is 0.903. The van der Waals surface area contributed by atoms with Crippen molar-refractivity contribution in [1.29, 1.82) is 0 Å². The Labute approximate surface area is 115 Å². The van der Waals surface area contributed by atoms with Crippen LogP contribution in [0.3, 0.4) is 0 Å². The molecule has 0 saturated carbocycles. The van der Waals surface area contributed by atoms with E-state index in [1.807, 2.05) is 12.3 Å². The standard InChI is InChI=1S/C13H14ClFN2S/c1-2-16-12(8-13-17-5-6-18-13)10-7-9(14)3-4-11(10)15/h3-7,12,16H,2,8H2,1H3. The fourth-order valence-corrected chi connectivity index (χ4v) is 2.69. The number of hydrogen-bond donors (Lipinski definition) is 1. The molecular formula is C13H14ClFN2S. The number of hydrogen-bond acceptors (Lipinski definition) is 3. The van der Waals surface area contributed by atoms with Gasteiger partial charge in [-0.2, -0.15) is 0 Å². The molecule has 0 aliphatic heterocycles. The average Bonchev–Trinajstić information content (AvgIpc) is 2.85. The summed E-state index contributed by atoms with van der Waals surface area (Å²) in [6, 6.07) is 4.55. The minimum absolute atomic E-state index is 0.0974. The Kier molecular flexibility index (Phi) is 4.69. The number of nitrogens with zero attached hydrogens (tertiary/aromatic N) is 1. The van der Waals surface area contributed by atoms with Gasteiger partial charge in [-0.15, -0.1) is 11.3 Å². The molecule has 1 atom stereocenters. The first-order chi connectivity index (χ1) is 8.70. The molecule has 1 N–H and O–H groups in total. The van der Waals surface area contributed by atoms with Gasteiger partial charge in [-0.3, -0.25) is 0 Å². The molecule has 0 radical (unpaired) electrons. The third-order valence-corrected chi connectivity index (χ3v) is 3.68. The lowest BCUT2D eigenvalue weighted by Gasteiger charge is -2.18. The molecule has 0 bridgehead atoms. The predicted molar refractivity (Wildman–Crippen MR) is 73.6 cm³/mol. The highest BCUT2D eigenvalue weighted by Crippen LogP contribution is 2.25. The Morgan fingerprint density at radius 2 is 2.33 bits per heavy atom. The van der Waals surface area contributed by atoms with Crippen LogP contribution in [0.25, 0.3) is 0 Å². The van der Waals surface area contributed by atoms with Crippen molar-refractivity contribution in [1.82, 2.24) is 10.3 Å². The van der Waals surface area contributed by atoms with Gasteiger partial charge in [-0.05, 0) is 24.7 Å². The van der Waals surface area contributed by atoms with E-state index >= 15 is 0 Å². The molecule has 0 saturated heterocycles. The lowest BCUT2D eigenvalue weighted by Crippen LogP contribution is -2.24. The minimum Gasteiger partial charge on any atom is -0.310 e. The Morgan fingerprint density at radius 1 is 1.50 bits per heavy atom. The second-order valence-electron chi connectivity index (χ2n) is 3.91. The van der Waals surface area contributed by atoms with E-state index < -0.39 is 0 Å². The van der Waals surface area contributed by atoms with Gasteiger partial charge in [0.1, 0.15) is 5.82 Å². The number of halogens is 2. The van der Waals surface area contributed by atoms with Crippen molar-refractivity contribution in [2.45, 2.75) is 19.4 Å². The maximum Gasteiger partial charge on any atom is 0.128 e. The minimum atomic E-state index is -0.234. The van der Waals surface area contributed by atoms with E-state index in [4.69, 9.17) is 11.6 Å². The van der Waals surface area contributed by atoms with Crippen molar-refractivity contribution in [3.05, 3.63) is 51.2 Å². The third-order valence-electron chi connectivity index (χ3n) is 2.65. The first-order valence-corrected chi connectivity index (χ1v) is 7.03. The highest BCUT2D eigenvalue weighted by Gasteiger charge is 2.17. The van der Waals surface area contributed by atoms with Crippen LogP contribution in [-0.2, 0) is 6.42 Å². The average molecular weight is 285 g/mol. The van der Waals surface area contributed by atoms with E-state index in [1.165, 1.54) is 6.07 Å². The van der Waals surface area contributed by atoms with E-state index in [1.54, 1.807) is 29.7 Å². The molecule has 0 fully saturated rings. The normalized spacial score (nSPS) is 12.6. The summed E-state index contributed by atoms with van der Waals surface area (Å²) >= 11 is 7.51. The second kappa shape index (κ2) is 6.27. The van der Waals surface area contributed by atoms with Crippen LogP contribution in [0.15, 0.2) is 29.8 Å². The number of aromatic nitrogens is 1. The summed E-state index contributed by atoms with van der Waals surface area (Å²) in [6.45, 7) is 2.76. The van der Waals surface area contributed by atoms with Crippen molar-refractivity contribution < 1.29 is 4.39 Å². The molecule has 0 aliphatic carbocycles. The Morgan fingerprint density at radius 3 is 3.00 bits per heavy atom. The van der Waals surface area contributed by atoms with Crippen molar-refractivity contribution >= 4 is 22.9 Å². The summed E-state index contributed by atoms with van der Waals surface area (Å²) in [6.07, 6.45) is 2.43. The Bertz CT molecular complexity index is 502. The zero-order valence-corrected chi connectivity index (χ0v) is 11.6. The maximum atomic E-state index is 13.9. The van der Waals surface area contributed by atoms with Crippen LogP contribution in [0.4, 0.5) is 4.39 Å². The lowest BCUT2D eigenvalue weighted by atomic mass is 10.0. The molecule has 1 aromatic carbocycles. The van der Waals surface area contributed by atoms with Gasteiger partial charge in [0, 0.05) is 34.6 Å². The van der Waals surface area contributed by atoms with Crippen molar-refractivity contribution in [3.8, 4) is 0 Å². The smallest absolute Gasteiger partial charge is 0.128 e. The predicted octanol–water partition coefficient (Wildman–Crippen LogP) is 3.83. The molecule has 2 rings (SSSR count). The molecule has 1 unspecified atom stereocenters. The topological polar surface area (TPSA) is 24.9 Å². The third kappa shape index (κ3) is 3.28. The molecule has 1 aromatic heterocycles. The van der Waals surface area contributed by atoms with Gasteiger partial charge in [0.15, 0.2) is 0 Å². The number of likely N-dealkylation sites (N-methyl/N-ethyl adjacent to an activating group) is 1. The molecule has 5 heteroatoms. The van der Waals surface area contributed by atoms with Gasteiger partial charge in [0.25, 0.3) is 0 Å². The molecule has 1 heterocycles. The summed E-state index contributed by atoms with van der Waals surface area (Å²) in [4.78, 5) is 4.24. The van der Waals surface area contributed by atoms with Gasteiger partial charge in [-0.1, -0.05) is 18.5 Å². The van der Waals surface area contributed by atoms with E-state index in [2.05, 4.69) is 10.3 Å². The van der Waals surface area contributed by atoms with Gasteiger partial charge < -0.3 is 5.32 Å². The van der Waals surface area contributed by atoms with E-state index in [-0.39, 0.29) is 11.9 Å². The molecule has 2 nitrogen and oxygen atoms in total. The number of nitrogens with one attached hydrogen (secondary N) is 1. The summed E-state index contributed by atoms with van der Waals surface area (Å²) in [7, 11) is 0. The van der Waals surface area contributed by atoms with Gasteiger partial charge in [0.05, 0.1) is 5.01 Å². The molecular weight excluding hydrogens is 271 g/mol. The van der Waals surface area contributed by atoms with Crippen LogP contribution in [0.1, 0.15) is 23.5 Å². The fourth-order valence-electron chi connectivity index (χ4n) is 1.85. The summed E-state index contributed by atoms with van der Waals surface area (Å²) in [5.41, 5.74) is 0.597. The highest BCUT2D eigenvalue weighted by atomic mass is 35.5. The van der Waals surface area contributed by atoms with Gasteiger partial charge in [0.2, 0.25) is 0 Å². The fraction of sp³-hybridized carbons (Fsp3) is 0.308. The molecule has 0 amide bonds. The van der Waals surface area contributed by atoms with Crippen LogP contribution in [-0.4, -0.2) is 11.5 Å². The van der Waals surface area contributed by atoms with Crippen molar-refractivity contribution in [2.24, 2.45) is 0 Å². The largest absolute Gasteiger partial charge is 0.310 e. The Balaban J connectivity index is 2.26. The zero-order valence-electron chi connectivity index (χ0n) is 9.99. The summed E-state index contributed by atoms with van der Waals surface area (Å²) in [5.74, 6) is -0.234. The molecule has 2 aromatic rings. The molecule has 0 aliphatic rings. The zero-order chi connectivity index (χ0) is 13.0. The first kappa shape index (κ1) is 13.5. The van der Waals surface area contributed by atoms with Gasteiger partial charge in [-0.25, -0.2) is 9.37 Å². The van der Waals surface area contributed by atoms with E-state index in [0.717, 1.165) is 11.6 Å². The monoisotopic (exact) mass is 284 g/mol. The van der Waals surface area contributed by atoms with Crippen LogP contribution >= 0.6 is 22.9 Å². The second-order valence-corrected chi connectivity index (χ2v) is 5.32. The molecule has 18 heavy (non-hydrogen) atoms. The van der Waals surface area contributed by atoms with Gasteiger partial charge >= 0.3 is 0 Å². The Hall–Kier alpha value is -0.970. The number of benzene rings is 1.